The lowest BCUT2D eigenvalue weighted by atomic mass is 9.68. The second-order valence-corrected chi connectivity index (χ2v) is 7.34. The van der Waals surface area contributed by atoms with E-state index < -0.39 is 11.6 Å². The van der Waals surface area contributed by atoms with Crippen LogP contribution in [0.3, 0.4) is 0 Å². The molecule has 0 heterocycles. The van der Waals surface area contributed by atoms with E-state index in [1.165, 1.54) is 12.1 Å². The van der Waals surface area contributed by atoms with Gasteiger partial charge in [-0.15, -0.1) is 0 Å². The SMILES string of the molecule is C=C(F)[C@H]1CC[C@H]([C@H]2CC[C@H](c3ccc(F)c(F)c3)CC2)CC1. The molecular formula is C20H25F3. The minimum absolute atomic E-state index is 0.0739. The molecule has 0 spiro atoms. The van der Waals surface area contributed by atoms with E-state index in [0.717, 1.165) is 56.9 Å². The minimum atomic E-state index is -0.770. The summed E-state index contributed by atoms with van der Waals surface area (Å²) < 4.78 is 39.6. The molecule has 1 aromatic rings. The first kappa shape index (κ1) is 16.6. The molecule has 23 heavy (non-hydrogen) atoms. The van der Waals surface area contributed by atoms with Gasteiger partial charge in [0, 0.05) is 5.92 Å². The zero-order valence-corrected chi connectivity index (χ0v) is 13.5. The van der Waals surface area contributed by atoms with Crippen molar-refractivity contribution in [2.45, 2.75) is 57.3 Å². The van der Waals surface area contributed by atoms with Crippen LogP contribution in [0.1, 0.15) is 62.8 Å². The Morgan fingerprint density at radius 1 is 0.826 bits per heavy atom. The van der Waals surface area contributed by atoms with Crippen molar-refractivity contribution in [3.63, 3.8) is 0 Å². The van der Waals surface area contributed by atoms with Gasteiger partial charge in [0.15, 0.2) is 11.6 Å². The van der Waals surface area contributed by atoms with Crippen LogP contribution in [0, 0.1) is 29.4 Å². The predicted molar refractivity (Wildman–Crippen MR) is 86.8 cm³/mol. The first-order valence-electron chi connectivity index (χ1n) is 8.84. The van der Waals surface area contributed by atoms with Gasteiger partial charge in [0.05, 0.1) is 5.83 Å². The highest BCUT2D eigenvalue weighted by Crippen LogP contribution is 2.44. The fourth-order valence-corrected chi connectivity index (χ4v) is 4.59. The van der Waals surface area contributed by atoms with Crippen LogP contribution in [-0.2, 0) is 0 Å². The average Bonchev–Trinajstić information content (AvgIpc) is 2.57. The normalized spacial score (nSPS) is 31.8. The molecule has 2 aliphatic rings. The Labute approximate surface area is 136 Å². The highest BCUT2D eigenvalue weighted by molar-refractivity contribution is 5.22. The maximum Gasteiger partial charge on any atom is 0.159 e. The van der Waals surface area contributed by atoms with E-state index in [2.05, 4.69) is 6.58 Å². The van der Waals surface area contributed by atoms with Crippen molar-refractivity contribution in [2.24, 2.45) is 17.8 Å². The third-order valence-electron chi connectivity index (χ3n) is 6.07. The van der Waals surface area contributed by atoms with E-state index in [-0.39, 0.29) is 11.7 Å². The first-order valence-corrected chi connectivity index (χ1v) is 8.84. The summed E-state index contributed by atoms with van der Waals surface area (Å²) in [6, 6.07) is 4.32. The standard InChI is InChI=1S/C20H25F3/c1-13(21)14-2-4-15(5-3-14)16-6-8-17(9-7-16)18-10-11-19(22)20(23)12-18/h10-12,14-17H,1-9H2/t14-,15-,16-,17-. The molecule has 0 bridgehead atoms. The van der Waals surface area contributed by atoms with Gasteiger partial charge in [0.2, 0.25) is 0 Å². The maximum atomic E-state index is 13.4. The lowest BCUT2D eigenvalue weighted by Gasteiger charge is -2.37. The van der Waals surface area contributed by atoms with Crippen molar-refractivity contribution in [3.8, 4) is 0 Å². The summed E-state index contributed by atoms with van der Waals surface area (Å²) in [5.41, 5.74) is 0.930. The number of benzene rings is 1. The van der Waals surface area contributed by atoms with E-state index in [1.807, 2.05) is 0 Å². The Morgan fingerprint density at radius 2 is 1.39 bits per heavy atom. The summed E-state index contributed by atoms with van der Waals surface area (Å²) in [6.07, 6.45) is 8.47. The Bertz CT molecular complexity index is 550. The highest BCUT2D eigenvalue weighted by Gasteiger charge is 2.32. The molecule has 0 N–H and O–H groups in total. The van der Waals surface area contributed by atoms with E-state index in [9.17, 15) is 13.2 Å². The second kappa shape index (κ2) is 7.11. The quantitative estimate of drug-likeness (QED) is 0.593. The smallest absolute Gasteiger partial charge is 0.159 e. The fraction of sp³-hybridized carbons (Fsp3) is 0.600. The number of allylic oxidation sites excluding steroid dienone is 1. The third-order valence-corrected chi connectivity index (χ3v) is 6.07. The topological polar surface area (TPSA) is 0 Å². The van der Waals surface area contributed by atoms with Gasteiger partial charge in [0.25, 0.3) is 0 Å². The van der Waals surface area contributed by atoms with Crippen LogP contribution in [0.2, 0.25) is 0 Å². The van der Waals surface area contributed by atoms with Gasteiger partial charge >= 0.3 is 0 Å². The summed E-state index contributed by atoms with van der Waals surface area (Å²) in [4.78, 5) is 0. The van der Waals surface area contributed by atoms with Crippen LogP contribution in [0.25, 0.3) is 0 Å². The lowest BCUT2D eigenvalue weighted by molar-refractivity contribution is 0.162. The largest absolute Gasteiger partial charge is 0.212 e. The molecule has 0 radical (unpaired) electrons. The summed E-state index contributed by atoms with van der Waals surface area (Å²) in [7, 11) is 0. The summed E-state index contributed by atoms with van der Waals surface area (Å²) in [5.74, 6) is 0.184. The molecule has 0 aliphatic heterocycles. The molecule has 0 nitrogen and oxygen atoms in total. The van der Waals surface area contributed by atoms with Crippen molar-refractivity contribution < 1.29 is 13.2 Å². The average molecular weight is 322 g/mol. The van der Waals surface area contributed by atoms with Gasteiger partial charge in [-0.1, -0.05) is 12.6 Å². The molecule has 0 aromatic heterocycles. The van der Waals surface area contributed by atoms with Crippen molar-refractivity contribution in [1.29, 1.82) is 0 Å². The molecule has 0 amide bonds. The van der Waals surface area contributed by atoms with Crippen LogP contribution in [0.5, 0.6) is 0 Å². The monoisotopic (exact) mass is 322 g/mol. The Balaban J connectivity index is 1.52. The molecule has 3 rings (SSSR count). The number of rotatable bonds is 3. The van der Waals surface area contributed by atoms with Gasteiger partial charge in [-0.05, 0) is 86.8 Å². The van der Waals surface area contributed by atoms with Crippen molar-refractivity contribution in [3.05, 3.63) is 47.8 Å². The van der Waals surface area contributed by atoms with Crippen LogP contribution < -0.4 is 0 Å². The van der Waals surface area contributed by atoms with Crippen molar-refractivity contribution in [2.75, 3.05) is 0 Å². The minimum Gasteiger partial charge on any atom is -0.212 e. The fourth-order valence-electron chi connectivity index (χ4n) is 4.59. The van der Waals surface area contributed by atoms with Gasteiger partial charge in [0.1, 0.15) is 0 Å². The molecule has 2 aliphatic carbocycles. The van der Waals surface area contributed by atoms with Crippen molar-refractivity contribution in [1.82, 2.24) is 0 Å². The van der Waals surface area contributed by atoms with Crippen molar-refractivity contribution >= 4 is 0 Å². The molecule has 0 atom stereocenters. The number of hydrogen-bond acceptors (Lipinski definition) is 0. The first-order chi connectivity index (χ1) is 11.0. The Hall–Kier alpha value is -1.25. The Kier molecular flexibility index (Phi) is 5.13. The van der Waals surface area contributed by atoms with Crippen LogP contribution >= 0.6 is 0 Å². The molecule has 2 fully saturated rings. The zero-order valence-electron chi connectivity index (χ0n) is 13.5. The van der Waals surface area contributed by atoms with E-state index in [1.54, 1.807) is 6.07 Å². The molecule has 126 valence electrons. The second-order valence-electron chi connectivity index (χ2n) is 7.34. The lowest BCUT2D eigenvalue weighted by Crippen LogP contribution is -2.25. The van der Waals surface area contributed by atoms with Gasteiger partial charge in [-0.25, -0.2) is 13.2 Å². The van der Waals surface area contributed by atoms with Crippen LogP contribution in [0.4, 0.5) is 13.2 Å². The van der Waals surface area contributed by atoms with Gasteiger partial charge in [-0.3, -0.25) is 0 Å². The maximum absolute atomic E-state index is 13.4. The summed E-state index contributed by atoms with van der Waals surface area (Å²) >= 11 is 0. The highest BCUT2D eigenvalue weighted by atomic mass is 19.2. The van der Waals surface area contributed by atoms with Crippen LogP contribution in [0.15, 0.2) is 30.6 Å². The molecule has 1 aromatic carbocycles. The molecule has 3 heteroatoms. The molecular weight excluding hydrogens is 297 g/mol. The van der Waals surface area contributed by atoms with Gasteiger partial charge in [-0.2, -0.15) is 0 Å². The van der Waals surface area contributed by atoms with E-state index in [4.69, 9.17) is 0 Å². The molecule has 2 saturated carbocycles. The van der Waals surface area contributed by atoms with E-state index in [0.29, 0.717) is 17.8 Å². The number of hydrogen-bond donors (Lipinski definition) is 0. The van der Waals surface area contributed by atoms with Crippen LogP contribution in [-0.4, -0.2) is 0 Å². The third kappa shape index (κ3) is 3.81. The number of halogens is 3. The summed E-state index contributed by atoms with van der Waals surface area (Å²) in [5, 5.41) is 0. The predicted octanol–water partition coefficient (Wildman–Crippen LogP) is 6.53. The Morgan fingerprint density at radius 3 is 1.91 bits per heavy atom. The zero-order chi connectivity index (χ0) is 16.4. The summed E-state index contributed by atoms with van der Waals surface area (Å²) in [6.45, 7) is 3.45. The molecule has 0 unspecified atom stereocenters. The van der Waals surface area contributed by atoms with E-state index >= 15 is 0 Å². The molecule has 0 saturated heterocycles. The van der Waals surface area contributed by atoms with Gasteiger partial charge < -0.3 is 0 Å².